The van der Waals surface area contributed by atoms with Gasteiger partial charge in [0.15, 0.2) is 5.96 Å². The number of halogens is 1. The summed E-state index contributed by atoms with van der Waals surface area (Å²) < 4.78 is 5.62. The summed E-state index contributed by atoms with van der Waals surface area (Å²) in [5.41, 5.74) is 1.20. The van der Waals surface area contributed by atoms with E-state index < -0.39 is 0 Å². The molecule has 0 aliphatic carbocycles. The van der Waals surface area contributed by atoms with Crippen molar-refractivity contribution in [3.8, 4) is 0 Å². The molecule has 140 valence electrons. The van der Waals surface area contributed by atoms with Crippen molar-refractivity contribution in [1.82, 2.24) is 15.2 Å². The number of pyridine rings is 1. The maximum Gasteiger partial charge on any atom is 0.194 e. The Balaban J connectivity index is 0.00000225. The molecule has 0 bridgehead atoms. The number of ether oxygens (including phenoxy) is 1. The minimum atomic E-state index is 0. The number of guanidine groups is 1. The Morgan fingerprint density at radius 1 is 1.36 bits per heavy atom. The molecular formula is C18H30IN5O. The monoisotopic (exact) mass is 459 g/mol. The first-order valence-corrected chi connectivity index (χ1v) is 9.11. The van der Waals surface area contributed by atoms with Crippen molar-refractivity contribution in [1.29, 1.82) is 0 Å². The third-order valence-corrected chi connectivity index (χ3v) is 4.53. The zero-order chi connectivity index (χ0) is 16.8. The average molecular weight is 459 g/mol. The van der Waals surface area contributed by atoms with Crippen molar-refractivity contribution < 1.29 is 4.74 Å². The first-order valence-electron chi connectivity index (χ1n) is 9.11. The zero-order valence-electron chi connectivity index (χ0n) is 15.3. The number of anilines is 1. The largest absolute Gasteiger partial charge is 0.375 e. The molecule has 2 aliphatic rings. The predicted molar refractivity (Wildman–Crippen MR) is 113 cm³/mol. The number of likely N-dealkylation sites (tertiary alicyclic amines) is 1. The summed E-state index contributed by atoms with van der Waals surface area (Å²) in [5, 5.41) is 3.41. The second kappa shape index (κ2) is 10.2. The third-order valence-electron chi connectivity index (χ3n) is 4.53. The zero-order valence-corrected chi connectivity index (χ0v) is 17.6. The summed E-state index contributed by atoms with van der Waals surface area (Å²) in [6.07, 6.45) is 4.68. The highest BCUT2D eigenvalue weighted by Gasteiger charge is 2.18. The Hall–Kier alpha value is -1.09. The maximum absolute atomic E-state index is 5.62. The van der Waals surface area contributed by atoms with Crippen molar-refractivity contribution in [3.63, 3.8) is 0 Å². The molecule has 0 amide bonds. The molecule has 2 saturated heterocycles. The van der Waals surface area contributed by atoms with E-state index in [1.54, 1.807) is 0 Å². The number of hydrogen-bond acceptors (Lipinski definition) is 4. The van der Waals surface area contributed by atoms with E-state index in [1.807, 2.05) is 6.20 Å². The summed E-state index contributed by atoms with van der Waals surface area (Å²) in [6.45, 7) is 10.6. The van der Waals surface area contributed by atoms with Gasteiger partial charge in [-0.25, -0.2) is 9.98 Å². The lowest BCUT2D eigenvalue weighted by atomic mass is 10.2. The molecule has 1 aromatic heterocycles. The van der Waals surface area contributed by atoms with Crippen LogP contribution in [0.2, 0.25) is 0 Å². The fourth-order valence-electron chi connectivity index (χ4n) is 3.28. The van der Waals surface area contributed by atoms with E-state index >= 15 is 0 Å². The number of morpholine rings is 1. The van der Waals surface area contributed by atoms with E-state index in [9.17, 15) is 0 Å². The molecule has 2 aliphatic heterocycles. The molecule has 6 nitrogen and oxygen atoms in total. The van der Waals surface area contributed by atoms with E-state index in [0.717, 1.165) is 51.1 Å². The van der Waals surface area contributed by atoms with Gasteiger partial charge in [-0.1, -0.05) is 0 Å². The topological polar surface area (TPSA) is 53.0 Å². The van der Waals surface area contributed by atoms with Crippen LogP contribution >= 0.6 is 24.0 Å². The van der Waals surface area contributed by atoms with Gasteiger partial charge in [0.2, 0.25) is 0 Å². The van der Waals surface area contributed by atoms with Gasteiger partial charge in [-0.2, -0.15) is 0 Å². The number of aromatic nitrogens is 1. The van der Waals surface area contributed by atoms with Crippen LogP contribution in [0, 0.1) is 0 Å². The Labute approximate surface area is 168 Å². The van der Waals surface area contributed by atoms with Crippen molar-refractivity contribution in [3.05, 3.63) is 23.9 Å². The number of nitrogens with one attached hydrogen (secondary N) is 1. The fraction of sp³-hybridized carbons (Fsp3) is 0.667. The fourth-order valence-corrected chi connectivity index (χ4v) is 3.28. The van der Waals surface area contributed by atoms with Crippen LogP contribution in [0.5, 0.6) is 0 Å². The van der Waals surface area contributed by atoms with Crippen LogP contribution in [-0.2, 0) is 11.3 Å². The molecule has 1 atom stereocenters. The molecule has 0 saturated carbocycles. The quantitative estimate of drug-likeness (QED) is 0.426. The van der Waals surface area contributed by atoms with Crippen LogP contribution in [0.4, 0.5) is 5.82 Å². The molecule has 3 heterocycles. The van der Waals surface area contributed by atoms with E-state index in [1.165, 1.54) is 18.4 Å². The second-order valence-corrected chi connectivity index (χ2v) is 6.51. The first kappa shape index (κ1) is 20.2. The first-order chi connectivity index (χ1) is 11.8. The van der Waals surface area contributed by atoms with Crippen LogP contribution in [0.25, 0.3) is 0 Å². The predicted octanol–water partition coefficient (Wildman–Crippen LogP) is 2.49. The lowest BCUT2D eigenvalue weighted by molar-refractivity contribution is 0.0529. The van der Waals surface area contributed by atoms with Crippen molar-refractivity contribution in [2.45, 2.75) is 39.3 Å². The smallest absolute Gasteiger partial charge is 0.194 e. The molecule has 1 N–H and O–H groups in total. The minimum absolute atomic E-state index is 0. The molecule has 0 spiro atoms. The van der Waals surface area contributed by atoms with Gasteiger partial charge in [0.1, 0.15) is 5.82 Å². The summed E-state index contributed by atoms with van der Waals surface area (Å²) >= 11 is 0. The van der Waals surface area contributed by atoms with Crippen LogP contribution in [-0.4, -0.2) is 61.3 Å². The van der Waals surface area contributed by atoms with Gasteiger partial charge in [-0.3, -0.25) is 0 Å². The van der Waals surface area contributed by atoms with Crippen LogP contribution in [0.3, 0.4) is 0 Å². The van der Waals surface area contributed by atoms with E-state index in [4.69, 9.17) is 9.73 Å². The molecule has 1 aromatic rings. The Kier molecular flexibility index (Phi) is 8.21. The highest BCUT2D eigenvalue weighted by atomic mass is 127. The summed E-state index contributed by atoms with van der Waals surface area (Å²) in [5.74, 6) is 2.07. The standard InChI is InChI=1S/C18H29N5O.HI/c1-3-19-18(22-8-4-5-9-22)21-13-16-6-7-20-17(12-16)23-10-11-24-15(2)14-23;/h6-7,12,15H,3-5,8-11,13-14H2,1-2H3,(H,19,21);1H. The van der Waals surface area contributed by atoms with Gasteiger partial charge in [0, 0.05) is 38.9 Å². The highest BCUT2D eigenvalue weighted by Crippen LogP contribution is 2.17. The normalized spacial score (nSPS) is 21.2. The van der Waals surface area contributed by atoms with Gasteiger partial charge >= 0.3 is 0 Å². The van der Waals surface area contributed by atoms with Crippen LogP contribution in [0.15, 0.2) is 23.3 Å². The number of rotatable bonds is 4. The number of hydrogen-bond donors (Lipinski definition) is 1. The molecule has 0 radical (unpaired) electrons. The number of nitrogens with zero attached hydrogens (tertiary/aromatic N) is 4. The van der Waals surface area contributed by atoms with Gasteiger partial charge in [-0.15, -0.1) is 24.0 Å². The van der Waals surface area contributed by atoms with Crippen LogP contribution in [0.1, 0.15) is 32.3 Å². The molecule has 25 heavy (non-hydrogen) atoms. The number of aliphatic imine (C=N–C) groups is 1. The molecule has 7 heteroatoms. The van der Waals surface area contributed by atoms with Crippen molar-refractivity contribution in [2.75, 3.05) is 44.2 Å². The molecule has 2 fully saturated rings. The van der Waals surface area contributed by atoms with E-state index in [2.05, 4.69) is 46.1 Å². The Morgan fingerprint density at radius 3 is 2.88 bits per heavy atom. The average Bonchev–Trinajstić information content (AvgIpc) is 3.13. The van der Waals surface area contributed by atoms with Gasteiger partial charge < -0.3 is 19.9 Å². The SMILES string of the molecule is CCNC(=NCc1ccnc(N2CCOC(C)C2)c1)N1CCCC1.I. The molecule has 0 aromatic carbocycles. The van der Waals surface area contributed by atoms with Crippen molar-refractivity contribution in [2.24, 2.45) is 4.99 Å². The molecular weight excluding hydrogens is 429 g/mol. The molecule has 3 rings (SSSR count). The second-order valence-electron chi connectivity index (χ2n) is 6.51. The summed E-state index contributed by atoms with van der Waals surface area (Å²) in [6, 6.07) is 4.22. The van der Waals surface area contributed by atoms with E-state index in [0.29, 0.717) is 6.54 Å². The lowest BCUT2D eigenvalue weighted by Gasteiger charge is -2.32. The highest BCUT2D eigenvalue weighted by molar-refractivity contribution is 14.0. The van der Waals surface area contributed by atoms with Gasteiger partial charge in [0.05, 0.1) is 19.3 Å². The lowest BCUT2D eigenvalue weighted by Crippen LogP contribution is -2.41. The Morgan fingerprint density at radius 2 is 2.16 bits per heavy atom. The van der Waals surface area contributed by atoms with Crippen LogP contribution < -0.4 is 10.2 Å². The third kappa shape index (κ3) is 5.70. The summed E-state index contributed by atoms with van der Waals surface area (Å²) in [4.78, 5) is 14.0. The summed E-state index contributed by atoms with van der Waals surface area (Å²) in [7, 11) is 0. The van der Waals surface area contributed by atoms with Gasteiger partial charge in [0.25, 0.3) is 0 Å². The van der Waals surface area contributed by atoms with Crippen molar-refractivity contribution >= 4 is 35.8 Å². The minimum Gasteiger partial charge on any atom is -0.375 e. The van der Waals surface area contributed by atoms with Gasteiger partial charge in [-0.05, 0) is 44.4 Å². The molecule has 1 unspecified atom stereocenters. The Bertz CT molecular complexity index is 562. The van der Waals surface area contributed by atoms with E-state index in [-0.39, 0.29) is 30.1 Å². The maximum atomic E-state index is 5.62.